The van der Waals surface area contributed by atoms with Crippen molar-refractivity contribution in [1.82, 2.24) is 0 Å². The number of rotatable bonds is 2. The average molecular weight is 313 g/mol. The smallest absolute Gasteiger partial charge is 0.378 e. The van der Waals surface area contributed by atoms with Crippen molar-refractivity contribution in [3.05, 3.63) is 41.3 Å². The Morgan fingerprint density at radius 1 is 1.05 bits per heavy atom. The van der Waals surface area contributed by atoms with Crippen LogP contribution >= 0.6 is 11.3 Å². The van der Waals surface area contributed by atoms with E-state index in [1.54, 1.807) is 11.3 Å². The van der Waals surface area contributed by atoms with Gasteiger partial charge in [0.05, 0.1) is 18.8 Å². The fourth-order valence-corrected chi connectivity index (χ4v) is 3.21. The summed E-state index contributed by atoms with van der Waals surface area (Å²) in [5, 5.41) is 2.04. The zero-order valence-electron chi connectivity index (χ0n) is 11.2. The maximum absolute atomic E-state index is 12.6. The highest BCUT2D eigenvalue weighted by Gasteiger charge is 2.30. The number of anilines is 1. The van der Waals surface area contributed by atoms with Crippen molar-refractivity contribution in [2.75, 3.05) is 31.2 Å². The van der Waals surface area contributed by atoms with Crippen LogP contribution < -0.4 is 4.90 Å². The van der Waals surface area contributed by atoms with E-state index < -0.39 is 11.7 Å². The van der Waals surface area contributed by atoms with E-state index >= 15 is 0 Å². The molecule has 0 spiro atoms. The van der Waals surface area contributed by atoms with Crippen LogP contribution in [0.4, 0.5) is 18.9 Å². The van der Waals surface area contributed by atoms with Crippen molar-refractivity contribution in [3.63, 3.8) is 0 Å². The van der Waals surface area contributed by atoms with Crippen molar-refractivity contribution >= 4 is 17.0 Å². The molecule has 1 aromatic carbocycles. The summed E-state index contributed by atoms with van der Waals surface area (Å²) in [4.78, 5) is 3.21. The van der Waals surface area contributed by atoms with Gasteiger partial charge in [0.1, 0.15) is 0 Å². The van der Waals surface area contributed by atoms with Crippen molar-refractivity contribution < 1.29 is 17.9 Å². The molecule has 21 heavy (non-hydrogen) atoms. The Kier molecular flexibility index (Phi) is 3.91. The molecule has 0 unspecified atom stereocenters. The van der Waals surface area contributed by atoms with Gasteiger partial charge in [-0.2, -0.15) is 13.2 Å². The zero-order chi connectivity index (χ0) is 14.9. The van der Waals surface area contributed by atoms with Crippen LogP contribution in [0.1, 0.15) is 5.56 Å². The first-order valence-corrected chi connectivity index (χ1v) is 7.51. The van der Waals surface area contributed by atoms with Gasteiger partial charge in [0, 0.05) is 29.0 Å². The molecule has 0 amide bonds. The second-order valence-corrected chi connectivity index (χ2v) is 5.75. The molecule has 2 heterocycles. The molecule has 3 rings (SSSR count). The van der Waals surface area contributed by atoms with Crippen LogP contribution in [0.25, 0.3) is 10.4 Å². The third-order valence-corrected chi connectivity index (χ3v) is 4.43. The Bertz CT molecular complexity index is 600. The lowest BCUT2D eigenvalue weighted by molar-refractivity contribution is -0.137. The predicted molar refractivity (Wildman–Crippen MR) is 77.8 cm³/mol. The van der Waals surface area contributed by atoms with Crippen molar-refractivity contribution in [1.29, 1.82) is 0 Å². The van der Waals surface area contributed by atoms with E-state index in [-0.39, 0.29) is 0 Å². The van der Waals surface area contributed by atoms with Crippen LogP contribution in [0.2, 0.25) is 0 Å². The van der Waals surface area contributed by atoms with Crippen LogP contribution in [-0.2, 0) is 10.9 Å². The van der Waals surface area contributed by atoms with Crippen LogP contribution in [0.3, 0.4) is 0 Å². The van der Waals surface area contributed by atoms with E-state index in [0.717, 1.165) is 41.4 Å². The normalized spacial score (nSPS) is 16.2. The fraction of sp³-hybridized carbons (Fsp3) is 0.333. The number of hydrogen-bond donors (Lipinski definition) is 0. The molecule has 1 saturated heterocycles. The largest absolute Gasteiger partial charge is 0.416 e. The van der Waals surface area contributed by atoms with Crippen molar-refractivity contribution in [2.45, 2.75) is 6.18 Å². The number of halogens is 3. The lowest BCUT2D eigenvalue weighted by Crippen LogP contribution is -2.35. The number of ether oxygens (including phenoxy) is 1. The lowest BCUT2D eigenvalue weighted by atomic mass is 10.1. The van der Waals surface area contributed by atoms with Gasteiger partial charge in [-0.25, -0.2) is 0 Å². The van der Waals surface area contributed by atoms with Crippen molar-refractivity contribution in [2.24, 2.45) is 0 Å². The molecule has 112 valence electrons. The first kappa shape index (κ1) is 14.4. The quantitative estimate of drug-likeness (QED) is 0.821. The van der Waals surface area contributed by atoms with Gasteiger partial charge in [0.25, 0.3) is 0 Å². The van der Waals surface area contributed by atoms with Gasteiger partial charge in [-0.3, -0.25) is 0 Å². The Morgan fingerprint density at radius 2 is 1.71 bits per heavy atom. The number of benzene rings is 1. The number of thiophene rings is 1. The molecule has 0 saturated carbocycles. The molecular formula is C15H14F3NOS. The summed E-state index contributed by atoms with van der Waals surface area (Å²) >= 11 is 1.55. The minimum Gasteiger partial charge on any atom is -0.378 e. The molecule has 0 aliphatic carbocycles. The number of hydrogen-bond acceptors (Lipinski definition) is 3. The van der Waals surface area contributed by atoms with E-state index in [1.165, 1.54) is 12.1 Å². The maximum Gasteiger partial charge on any atom is 0.416 e. The SMILES string of the molecule is FC(F)(F)c1ccc(-c2cc(N3CCOCC3)cs2)cc1. The van der Waals surface area contributed by atoms with Gasteiger partial charge in [0.15, 0.2) is 0 Å². The summed E-state index contributed by atoms with van der Waals surface area (Å²) in [7, 11) is 0. The summed E-state index contributed by atoms with van der Waals surface area (Å²) in [5.41, 5.74) is 1.31. The standard InChI is InChI=1S/C15H14F3NOS/c16-15(17,18)12-3-1-11(2-4-12)14-9-13(10-21-14)19-5-7-20-8-6-19/h1-4,9-10H,5-8H2. The molecule has 0 atom stereocenters. The van der Waals surface area contributed by atoms with E-state index in [2.05, 4.69) is 4.90 Å². The average Bonchev–Trinajstić information content (AvgIpc) is 2.97. The Labute approximate surface area is 124 Å². The van der Waals surface area contributed by atoms with Crippen LogP contribution in [0, 0.1) is 0 Å². The molecule has 0 radical (unpaired) electrons. The molecular weight excluding hydrogens is 299 g/mol. The van der Waals surface area contributed by atoms with E-state index in [4.69, 9.17) is 4.74 Å². The molecule has 1 aliphatic heterocycles. The summed E-state index contributed by atoms with van der Waals surface area (Å²) in [6.45, 7) is 3.13. The lowest BCUT2D eigenvalue weighted by Gasteiger charge is -2.27. The van der Waals surface area contributed by atoms with Crippen molar-refractivity contribution in [3.8, 4) is 10.4 Å². The molecule has 0 N–H and O–H groups in total. The fourth-order valence-electron chi connectivity index (χ4n) is 2.29. The zero-order valence-corrected chi connectivity index (χ0v) is 12.0. The number of alkyl halides is 3. The van der Waals surface area contributed by atoms with Crippen LogP contribution in [-0.4, -0.2) is 26.3 Å². The molecule has 6 heteroatoms. The minimum absolute atomic E-state index is 0.615. The summed E-state index contributed by atoms with van der Waals surface area (Å²) in [6.07, 6.45) is -4.28. The van der Waals surface area contributed by atoms with Gasteiger partial charge < -0.3 is 9.64 Å². The molecule has 2 nitrogen and oxygen atoms in total. The first-order chi connectivity index (χ1) is 10.0. The highest BCUT2D eigenvalue weighted by atomic mass is 32.1. The second kappa shape index (κ2) is 5.69. The van der Waals surface area contributed by atoms with Gasteiger partial charge >= 0.3 is 6.18 Å². The van der Waals surface area contributed by atoms with Gasteiger partial charge in [0.2, 0.25) is 0 Å². The molecule has 1 aromatic heterocycles. The van der Waals surface area contributed by atoms with E-state index in [0.29, 0.717) is 13.2 Å². The van der Waals surface area contributed by atoms with Crippen LogP contribution in [0.5, 0.6) is 0 Å². The topological polar surface area (TPSA) is 12.5 Å². The Balaban J connectivity index is 1.79. The number of nitrogens with zero attached hydrogens (tertiary/aromatic N) is 1. The van der Waals surface area contributed by atoms with Gasteiger partial charge in [-0.15, -0.1) is 11.3 Å². The highest BCUT2D eigenvalue weighted by molar-refractivity contribution is 7.14. The monoisotopic (exact) mass is 313 g/mol. The van der Waals surface area contributed by atoms with Crippen LogP contribution in [0.15, 0.2) is 35.7 Å². The molecule has 1 fully saturated rings. The Morgan fingerprint density at radius 3 is 2.33 bits per heavy atom. The maximum atomic E-state index is 12.6. The summed E-state index contributed by atoms with van der Waals surface area (Å²) in [6, 6.07) is 7.33. The number of morpholine rings is 1. The van der Waals surface area contributed by atoms with Gasteiger partial charge in [-0.1, -0.05) is 12.1 Å². The highest BCUT2D eigenvalue weighted by Crippen LogP contribution is 2.34. The third-order valence-electron chi connectivity index (χ3n) is 3.46. The first-order valence-electron chi connectivity index (χ1n) is 6.63. The molecule has 1 aliphatic rings. The van der Waals surface area contributed by atoms with E-state index in [9.17, 15) is 13.2 Å². The Hall–Kier alpha value is -1.53. The summed E-state index contributed by atoms with van der Waals surface area (Å²) in [5.74, 6) is 0. The minimum atomic E-state index is -4.28. The third kappa shape index (κ3) is 3.22. The second-order valence-electron chi connectivity index (χ2n) is 4.84. The summed E-state index contributed by atoms with van der Waals surface area (Å²) < 4.78 is 43.0. The van der Waals surface area contributed by atoms with E-state index in [1.807, 2.05) is 11.4 Å². The molecule has 2 aromatic rings. The van der Waals surface area contributed by atoms with Gasteiger partial charge in [-0.05, 0) is 23.8 Å². The molecule has 0 bridgehead atoms. The predicted octanol–water partition coefficient (Wildman–Crippen LogP) is 4.27.